The first-order valence-electron chi connectivity index (χ1n) is 7.20. The van der Waals surface area contributed by atoms with Gasteiger partial charge in [-0.15, -0.1) is 0 Å². The quantitative estimate of drug-likeness (QED) is 0.857. The Morgan fingerprint density at radius 2 is 2.40 bits per heavy atom. The lowest BCUT2D eigenvalue weighted by molar-refractivity contribution is -0.135. The number of ether oxygens (including phenoxy) is 1. The number of hydrogen-bond acceptors (Lipinski definition) is 3. The molecule has 20 heavy (non-hydrogen) atoms. The molecular formula is C14H20ClN3O2. The maximum absolute atomic E-state index is 12.3. The number of aromatic nitrogens is 2. The number of aryl methyl sites for hydroxylation is 1. The average molecular weight is 298 g/mol. The lowest BCUT2D eigenvalue weighted by Gasteiger charge is -2.39. The molecule has 0 bridgehead atoms. The normalized spacial score (nSPS) is 26.4. The molecule has 0 N–H and O–H groups in total. The van der Waals surface area contributed by atoms with Crippen molar-refractivity contribution in [2.45, 2.75) is 32.2 Å². The molecule has 1 spiro atoms. The zero-order valence-corrected chi connectivity index (χ0v) is 12.3. The number of halogens is 1. The molecule has 0 aromatic carbocycles. The molecule has 2 fully saturated rings. The molecule has 1 aromatic heterocycles. The molecule has 1 amide bonds. The van der Waals surface area contributed by atoms with Gasteiger partial charge in [-0.1, -0.05) is 11.6 Å². The number of amides is 1. The Bertz CT molecular complexity index is 483. The van der Waals surface area contributed by atoms with Gasteiger partial charge in [-0.25, -0.2) is 0 Å². The smallest absolute Gasteiger partial charge is 0.224 e. The molecule has 3 rings (SSSR count). The van der Waals surface area contributed by atoms with Crippen molar-refractivity contribution in [1.82, 2.24) is 14.7 Å². The van der Waals surface area contributed by atoms with Crippen molar-refractivity contribution in [2.24, 2.45) is 5.41 Å². The van der Waals surface area contributed by atoms with Gasteiger partial charge in [-0.2, -0.15) is 5.10 Å². The van der Waals surface area contributed by atoms with Gasteiger partial charge in [-0.3, -0.25) is 9.48 Å². The summed E-state index contributed by atoms with van der Waals surface area (Å²) in [4.78, 5) is 14.3. The summed E-state index contributed by atoms with van der Waals surface area (Å²) in [7, 11) is 0. The van der Waals surface area contributed by atoms with E-state index >= 15 is 0 Å². The number of hydrogen-bond donors (Lipinski definition) is 0. The third-order valence-electron chi connectivity index (χ3n) is 4.36. The fourth-order valence-electron chi connectivity index (χ4n) is 3.22. The minimum absolute atomic E-state index is 0.211. The highest BCUT2D eigenvalue weighted by Crippen LogP contribution is 2.37. The summed E-state index contributed by atoms with van der Waals surface area (Å²) in [6, 6.07) is 0. The van der Waals surface area contributed by atoms with Gasteiger partial charge in [0.2, 0.25) is 5.91 Å². The topological polar surface area (TPSA) is 47.4 Å². The van der Waals surface area contributed by atoms with E-state index in [9.17, 15) is 4.79 Å². The highest BCUT2D eigenvalue weighted by Gasteiger charge is 2.39. The van der Waals surface area contributed by atoms with Crippen LogP contribution in [0.2, 0.25) is 5.02 Å². The maximum atomic E-state index is 12.3. The summed E-state index contributed by atoms with van der Waals surface area (Å²) in [5, 5.41) is 4.71. The van der Waals surface area contributed by atoms with Crippen molar-refractivity contribution in [3.05, 3.63) is 17.4 Å². The molecule has 0 radical (unpaired) electrons. The fraction of sp³-hybridized carbons (Fsp3) is 0.714. The molecule has 0 saturated carbocycles. The minimum Gasteiger partial charge on any atom is -0.381 e. The highest BCUT2D eigenvalue weighted by atomic mass is 35.5. The van der Waals surface area contributed by atoms with Crippen molar-refractivity contribution in [2.75, 3.05) is 26.3 Å². The molecule has 110 valence electrons. The standard InChI is InChI=1S/C14H20ClN3O2/c15-12-8-16-18(9-12)6-2-13(19)17-5-1-3-14(10-17)4-7-20-11-14/h8-9H,1-7,10-11H2. The summed E-state index contributed by atoms with van der Waals surface area (Å²) < 4.78 is 7.25. The zero-order valence-electron chi connectivity index (χ0n) is 11.6. The Labute approximate surface area is 123 Å². The molecule has 5 nitrogen and oxygen atoms in total. The Kier molecular flexibility index (Phi) is 3.98. The van der Waals surface area contributed by atoms with Gasteiger partial charge in [-0.05, 0) is 19.3 Å². The average Bonchev–Trinajstić information content (AvgIpc) is 3.06. The van der Waals surface area contributed by atoms with Crippen LogP contribution in [0.5, 0.6) is 0 Å². The molecule has 6 heteroatoms. The Hall–Kier alpha value is -1.07. The van der Waals surface area contributed by atoms with E-state index in [2.05, 4.69) is 5.10 Å². The minimum atomic E-state index is 0.211. The van der Waals surface area contributed by atoms with Crippen molar-refractivity contribution in [3.63, 3.8) is 0 Å². The van der Waals surface area contributed by atoms with Crippen LogP contribution in [0.3, 0.4) is 0 Å². The van der Waals surface area contributed by atoms with Crippen molar-refractivity contribution < 1.29 is 9.53 Å². The van der Waals surface area contributed by atoms with Crippen LogP contribution in [-0.4, -0.2) is 46.9 Å². The van der Waals surface area contributed by atoms with E-state index < -0.39 is 0 Å². The van der Waals surface area contributed by atoms with Crippen LogP contribution in [0, 0.1) is 5.41 Å². The van der Waals surface area contributed by atoms with Crippen molar-refractivity contribution in [3.8, 4) is 0 Å². The maximum Gasteiger partial charge on any atom is 0.224 e. The first-order chi connectivity index (χ1) is 9.67. The Balaban J connectivity index is 1.54. The van der Waals surface area contributed by atoms with E-state index in [1.165, 1.54) is 6.42 Å². The lowest BCUT2D eigenvalue weighted by atomic mass is 9.79. The molecule has 1 unspecified atom stereocenters. The predicted octanol–water partition coefficient (Wildman–Crippen LogP) is 1.96. The lowest BCUT2D eigenvalue weighted by Crippen LogP contribution is -2.46. The van der Waals surface area contributed by atoms with E-state index in [1.807, 2.05) is 4.90 Å². The summed E-state index contributed by atoms with van der Waals surface area (Å²) in [5.41, 5.74) is 0.225. The molecule has 0 aliphatic carbocycles. The van der Waals surface area contributed by atoms with Crippen LogP contribution < -0.4 is 0 Å². The molecule has 1 aromatic rings. The van der Waals surface area contributed by atoms with E-state index in [-0.39, 0.29) is 11.3 Å². The fourth-order valence-corrected chi connectivity index (χ4v) is 3.38. The second-order valence-corrected chi connectivity index (χ2v) is 6.33. The predicted molar refractivity (Wildman–Crippen MR) is 75.5 cm³/mol. The number of piperidine rings is 1. The molecular weight excluding hydrogens is 278 g/mol. The second-order valence-electron chi connectivity index (χ2n) is 5.89. The molecule has 2 aliphatic rings. The van der Waals surface area contributed by atoms with Gasteiger partial charge >= 0.3 is 0 Å². The number of rotatable bonds is 3. The summed E-state index contributed by atoms with van der Waals surface area (Å²) in [6.45, 7) is 3.97. The third-order valence-corrected chi connectivity index (χ3v) is 4.55. The van der Waals surface area contributed by atoms with E-state index in [0.29, 0.717) is 18.0 Å². The third kappa shape index (κ3) is 2.99. The SMILES string of the molecule is O=C(CCn1cc(Cl)cn1)N1CCCC2(CCOC2)C1. The first kappa shape index (κ1) is 13.9. The van der Waals surface area contributed by atoms with Gasteiger partial charge in [0.1, 0.15) is 0 Å². The molecule has 2 aliphatic heterocycles. The molecule has 1 atom stereocenters. The largest absolute Gasteiger partial charge is 0.381 e. The number of carbonyl (C=O) groups excluding carboxylic acids is 1. The van der Waals surface area contributed by atoms with Gasteiger partial charge < -0.3 is 9.64 Å². The van der Waals surface area contributed by atoms with E-state index in [4.69, 9.17) is 16.3 Å². The van der Waals surface area contributed by atoms with E-state index in [1.54, 1.807) is 17.1 Å². The van der Waals surface area contributed by atoms with Crippen molar-refractivity contribution in [1.29, 1.82) is 0 Å². The molecule has 3 heterocycles. The second kappa shape index (κ2) is 5.74. The zero-order chi connectivity index (χ0) is 14.0. The first-order valence-corrected chi connectivity index (χ1v) is 7.58. The summed E-state index contributed by atoms with van der Waals surface area (Å²) in [5.74, 6) is 0.211. The van der Waals surface area contributed by atoms with Crippen LogP contribution in [0.15, 0.2) is 12.4 Å². The Morgan fingerprint density at radius 1 is 1.50 bits per heavy atom. The van der Waals surface area contributed by atoms with Gasteiger partial charge in [0.05, 0.1) is 17.8 Å². The number of nitrogens with zero attached hydrogens (tertiary/aromatic N) is 3. The van der Waals surface area contributed by atoms with Gasteiger partial charge in [0.25, 0.3) is 0 Å². The Morgan fingerprint density at radius 3 is 3.10 bits per heavy atom. The van der Waals surface area contributed by atoms with Crippen molar-refractivity contribution >= 4 is 17.5 Å². The van der Waals surface area contributed by atoms with E-state index in [0.717, 1.165) is 39.1 Å². The van der Waals surface area contributed by atoms with Gasteiger partial charge in [0.15, 0.2) is 0 Å². The van der Waals surface area contributed by atoms with Gasteiger partial charge in [0, 0.05) is 44.3 Å². The van der Waals surface area contributed by atoms with Crippen LogP contribution in [0.4, 0.5) is 0 Å². The van der Waals surface area contributed by atoms with Crippen LogP contribution in [-0.2, 0) is 16.1 Å². The van der Waals surface area contributed by atoms with Crippen LogP contribution in [0.1, 0.15) is 25.7 Å². The number of likely N-dealkylation sites (tertiary alicyclic amines) is 1. The number of carbonyl (C=O) groups is 1. The van der Waals surface area contributed by atoms with Crippen LogP contribution in [0.25, 0.3) is 0 Å². The molecule has 2 saturated heterocycles. The van der Waals surface area contributed by atoms with Crippen LogP contribution >= 0.6 is 11.6 Å². The summed E-state index contributed by atoms with van der Waals surface area (Å²) in [6.07, 6.45) is 7.18. The highest BCUT2D eigenvalue weighted by molar-refractivity contribution is 6.30. The monoisotopic (exact) mass is 297 g/mol. The summed E-state index contributed by atoms with van der Waals surface area (Å²) >= 11 is 5.81.